The van der Waals surface area contributed by atoms with Crippen LogP contribution in [0.1, 0.15) is 5.56 Å². The third-order valence-corrected chi connectivity index (χ3v) is 3.08. The number of benzene rings is 2. The van der Waals surface area contributed by atoms with E-state index in [0.717, 1.165) is 23.4 Å². The van der Waals surface area contributed by atoms with Crippen LogP contribution in [0.2, 0.25) is 5.02 Å². The summed E-state index contributed by atoms with van der Waals surface area (Å²) in [5.41, 5.74) is 2.61. The molecule has 0 fully saturated rings. The SMILES string of the molecule is Clc1cc2c(c3ccccc13)NCC2. The van der Waals surface area contributed by atoms with Crippen molar-refractivity contribution in [2.24, 2.45) is 0 Å². The molecule has 0 aliphatic carbocycles. The minimum absolute atomic E-state index is 0.864. The van der Waals surface area contributed by atoms with E-state index >= 15 is 0 Å². The summed E-state index contributed by atoms with van der Waals surface area (Å²) in [5, 5.41) is 6.66. The van der Waals surface area contributed by atoms with Crippen LogP contribution in [0.15, 0.2) is 30.3 Å². The molecule has 2 aromatic rings. The first-order chi connectivity index (χ1) is 6.86. The molecule has 70 valence electrons. The molecule has 1 N–H and O–H groups in total. The minimum atomic E-state index is 0.864. The lowest BCUT2D eigenvalue weighted by molar-refractivity contribution is 1.11. The fourth-order valence-corrected chi connectivity index (χ4v) is 2.41. The molecule has 0 saturated carbocycles. The quantitative estimate of drug-likeness (QED) is 0.692. The Balaban J connectivity index is 2.47. The summed E-state index contributed by atoms with van der Waals surface area (Å²) in [6.45, 7) is 1.03. The molecule has 0 bridgehead atoms. The molecule has 1 nitrogen and oxygen atoms in total. The molecule has 0 amide bonds. The third kappa shape index (κ3) is 1.02. The summed E-state index contributed by atoms with van der Waals surface area (Å²) in [6.07, 6.45) is 1.08. The molecule has 3 rings (SSSR count). The van der Waals surface area contributed by atoms with Crippen molar-refractivity contribution in [3.05, 3.63) is 40.9 Å². The summed E-state index contributed by atoms with van der Waals surface area (Å²) in [4.78, 5) is 0. The van der Waals surface area contributed by atoms with Crippen LogP contribution in [0.4, 0.5) is 5.69 Å². The molecule has 0 spiro atoms. The summed E-state index contributed by atoms with van der Waals surface area (Å²) in [6, 6.07) is 10.4. The van der Waals surface area contributed by atoms with E-state index in [4.69, 9.17) is 11.6 Å². The van der Waals surface area contributed by atoms with E-state index in [1.54, 1.807) is 0 Å². The van der Waals surface area contributed by atoms with E-state index in [2.05, 4.69) is 29.6 Å². The van der Waals surface area contributed by atoms with Gasteiger partial charge in [-0.1, -0.05) is 35.9 Å². The lowest BCUT2D eigenvalue weighted by Gasteiger charge is -2.07. The van der Waals surface area contributed by atoms with Gasteiger partial charge in [0.05, 0.1) is 0 Å². The third-order valence-electron chi connectivity index (χ3n) is 2.77. The van der Waals surface area contributed by atoms with Crippen LogP contribution in [-0.2, 0) is 6.42 Å². The molecule has 14 heavy (non-hydrogen) atoms. The Hall–Kier alpha value is -1.21. The van der Waals surface area contributed by atoms with Crippen LogP contribution in [0.5, 0.6) is 0 Å². The maximum atomic E-state index is 6.21. The van der Waals surface area contributed by atoms with Crippen LogP contribution in [-0.4, -0.2) is 6.54 Å². The van der Waals surface area contributed by atoms with Crippen molar-refractivity contribution < 1.29 is 0 Å². The zero-order valence-corrected chi connectivity index (χ0v) is 8.43. The molecule has 1 aliphatic rings. The lowest BCUT2D eigenvalue weighted by atomic mass is 10.0. The molecule has 0 atom stereocenters. The van der Waals surface area contributed by atoms with Gasteiger partial charge >= 0.3 is 0 Å². The van der Waals surface area contributed by atoms with Crippen molar-refractivity contribution in [1.29, 1.82) is 0 Å². The molecule has 2 heteroatoms. The molecule has 0 unspecified atom stereocenters. The highest BCUT2D eigenvalue weighted by molar-refractivity contribution is 6.36. The van der Waals surface area contributed by atoms with Gasteiger partial charge in [0.15, 0.2) is 0 Å². The highest BCUT2D eigenvalue weighted by atomic mass is 35.5. The maximum Gasteiger partial charge on any atom is 0.0488 e. The van der Waals surface area contributed by atoms with Crippen LogP contribution in [0.3, 0.4) is 0 Å². The fraction of sp³-hybridized carbons (Fsp3) is 0.167. The molecule has 1 aliphatic heterocycles. The Kier molecular flexibility index (Phi) is 1.68. The second kappa shape index (κ2) is 2.89. The number of hydrogen-bond donors (Lipinski definition) is 1. The summed E-state index contributed by atoms with van der Waals surface area (Å²) in [5.74, 6) is 0. The van der Waals surface area contributed by atoms with Gasteiger partial charge in [-0.3, -0.25) is 0 Å². The largest absolute Gasteiger partial charge is 0.384 e. The highest BCUT2D eigenvalue weighted by Gasteiger charge is 2.14. The van der Waals surface area contributed by atoms with Gasteiger partial charge < -0.3 is 5.32 Å². The Morgan fingerprint density at radius 1 is 1.14 bits per heavy atom. The monoisotopic (exact) mass is 203 g/mol. The van der Waals surface area contributed by atoms with E-state index in [1.165, 1.54) is 16.6 Å². The van der Waals surface area contributed by atoms with E-state index in [-0.39, 0.29) is 0 Å². The van der Waals surface area contributed by atoms with Crippen molar-refractivity contribution in [1.82, 2.24) is 0 Å². The van der Waals surface area contributed by atoms with Gasteiger partial charge in [-0.2, -0.15) is 0 Å². The number of halogens is 1. The second-order valence-corrected chi connectivity index (χ2v) is 4.02. The first-order valence-corrected chi connectivity index (χ1v) is 5.18. The van der Waals surface area contributed by atoms with Crippen molar-refractivity contribution in [2.75, 3.05) is 11.9 Å². The smallest absolute Gasteiger partial charge is 0.0488 e. The Bertz CT molecular complexity index is 505. The molecule has 2 aromatic carbocycles. The molecule has 0 radical (unpaired) electrons. The zero-order valence-electron chi connectivity index (χ0n) is 7.68. The van der Waals surface area contributed by atoms with Crippen LogP contribution in [0.25, 0.3) is 10.8 Å². The van der Waals surface area contributed by atoms with E-state index in [9.17, 15) is 0 Å². The first kappa shape index (κ1) is 8.13. The lowest BCUT2D eigenvalue weighted by Crippen LogP contribution is -1.91. The maximum absolute atomic E-state index is 6.21. The zero-order chi connectivity index (χ0) is 9.54. The second-order valence-electron chi connectivity index (χ2n) is 3.61. The Labute approximate surface area is 87.7 Å². The first-order valence-electron chi connectivity index (χ1n) is 4.80. The van der Waals surface area contributed by atoms with Gasteiger partial charge in [0, 0.05) is 28.0 Å². The minimum Gasteiger partial charge on any atom is -0.384 e. The van der Waals surface area contributed by atoms with Gasteiger partial charge in [0.1, 0.15) is 0 Å². The number of hydrogen-bond acceptors (Lipinski definition) is 1. The molecule has 1 heterocycles. The number of anilines is 1. The molecule has 0 aromatic heterocycles. The average Bonchev–Trinajstić information content (AvgIpc) is 2.66. The fourth-order valence-electron chi connectivity index (χ4n) is 2.11. The van der Waals surface area contributed by atoms with Crippen LogP contribution in [0, 0.1) is 0 Å². The molecule has 0 saturated heterocycles. The van der Waals surface area contributed by atoms with Crippen LogP contribution < -0.4 is 5.32 Å². The van der Waals surface area contributed by atoms with E-state index < -0.39 is 0 Å². The Morgan fingerprint density at radius 2 is 1.93 bits per heavy atom. The van der Waals surface area contributed by atoms with E-state index in [0.29, 0.717) is 0 Å². The van der Waals surface area contributed by atoms with Crippen molar-refractivity contribution in [3.63, 3.8) is 0 Å². The Morgan fingerprint density at radius 3 is 2.79 bits per heavy atom. The van der Waals surface area contributed by atoms with Gasteiger partial charge in [-0.15, -0.1) is 0 Å². The van der Waals surface area contributed by atoms with Gasteiger partial charge in [-0.25, -0.2) is 0 Å². The predicted octanol–water partition coefficient (Wildman–Crippen LogP) is 3.46. The summed E-state index contributed by atoms with van der Waals surface area (Å²) < 4.78 is 0. The molecular formula is C12H10ClN. The predicted molar refractivity (Wildman–Crippen MR) is 61.2 cm³/mol. The normalized spacial score (nSPS) is 14.1. The number of rotatable bonds is 0. The number of nitrogens with one attached hydrogen (secondary N) is 1. The summed E-state index contributed by atoms with van der Waals surface area (Å²) >= 11 is 6.21. The van der Waals surface area contributed by atoms with E-state index in [1.807, 2.05) is 6.07 Å². The topological polar surface area (TPSA) is 12.0 Å². The van der Waals surface area contributed by atoms with Gasteiger partial charge in [0.25, 0.3) is 0 Å². The number of fused-ring (bicyclic) bond motifs is 3. The van der Waals surface area contributed by atoms with Gasteiger partial charge in [-0.05, 0) is 18.1 Å². The highest BCUT2D eigenvalue weighted by Crippen LogP contribution is 2.35. The standard InChI is InChI=1S/C12H10ClN/c13-11-7-8-5-6-14-12(8)10-4-2-1-3-9(10)11/h1-4,7,14H,5-6H2. The van der Waals surface area contributed by atoms with Crippen molar-refractivity contribution in [3.8, 4) is 0 Å². The van der Waals surface area contributed by atoms with Crippen LogP contribution >= 0.6 is 11.6 Å². The molecular weight excluding hydrogens is 194 g/mol. The average molecular weight is 204 g/mol. The summed E-state index contributed by atoms with van der Waals surface area (Å²) in [7, 11) is 0. The van der Waals surface area contributed by atoms with Gasteiger partial charge in [0.2, 0.25) is 0 Å². The van der Waals surface area contributed by atoms with Crippen molar-refractivity contribution >= 4 is 28.1 Å². The van der Waals surface area contributed by atoms with Crippen molar-refractivity contribution in [2.45, 2.75) is 6.42 Å².